The molecule has 18 heavy (non-hydrogen) atoms. The molecule has 1 amide bonds. The number of hydrogen-bond donors (Lipinski definition) is 2. The van der Waals surface area contributed by atoms with Crippen molar-refractivity contribution in [2.75, 3.05) is 7.11 Å². The first-order chi connectivity index (χ1) is 8.54. The molecular formula is C13H13NO4. The van der Waals surface area contributed by atoms with Crippen LogP contribution in [-0.4, -0.2) is 23.9 Å². The molecule has 0 aromatic heterocycles. The van der Waals surface area contributed by atoms with E-state index in [1.807, 2.05) is 0 Å². The van der Waals surface area contributed by atoms with Gasteiger partial charge in [0.1, 0.15) is 5.75 Å². The molecule has 0 spiro atoms. The lowest BCUT2D eigenvalue weighted by Crippen LogP contribution is -2.23. The van der Waals surface area contributed by atoms with Gasteiger partial charge in [0.05, 0.1) is 18.7 Å². The molecular weight excluding hydrogens is 234 g/mol. The van der Waals surface area contributed by atoms with Crippen molar-refractivity contribution >= 4 is 11.7 Å². The van der Waals surface area contributed by atoms with Crippen LogP contribution in [0.5, 0.6) is 5.75 Å². The average molecular weight is 247 g/mol. The quantitative estimate of drug-likeness (QED) is 0.843. The average Bonchev–Trinajstić information content (AvgIpc) is 2.66. The fraction of sp³-hybridized carbons (Fsp3) is 0.231. The fourth-order valence-corrected chi connectivity index (χ4v) is 1.95. The van der Waals surface area contributed by atoms with Crippen LogP contribution >= 0.6 is 0 Å². The Bertz CT molecular complexity index is 530. The second-order valence-corrected chi connectivity index (χ2v) is 4.00. The lowest BCUT2D eigenvalue weighted by Gasteiger charge is -2.13. The Balaban J connectivity index is 2.39. The van der Waals surface area contributed by atoms with Crippen molar-refractivity contribution in [2.45, 2.75) is 13.0 Å². The van der Waals surface area contributed by atoms with Gasteiger partial charge in [0, 0.05) is 0 Å². The molecule has 0 saturated heterocycles. The van der Waals surface area contributed by atoms with Crippen LogP contribution in [0.25, 0.3) is 0 Å². The maximum atomic E-state index is 11.5. The van der Waals surface area contributed by atoms with Gasteiger partial charge in [-0.15, -0.1) is 0 Å². The minimum Gasteiger partial charge on any atom is -0.503 e. The van der Waals surface area contributed by atoms with Crippen molar-refractivity contribution in [3.05, 3.63) is 41.2 Å². The third-order valence-electron chi connectivity index (χ3n) is 2.86. The third-order valence-corrected chi connectivity index (χ3v) is 2.86. The summed E-state index contributed by atoms with van der Waals surface area (Å²) >= 11 is 0. The zero-order valence-electron chi connectivity index (χ0n) is 10.1. The molecule has 2 N–H and O–H groups in total. The van der Waals surface area contributed by atoms with E-state index in [0.717, 1.165) is 5.56 Å². The van der Waals surface area contributed by atoms with E-state index in [-0.39, 0.29) is 11.4 Å². The Kier molecular flexibility index (Phi) is 3.06. The number of carbonyl (C=O) groups excluding carboxylic acids is 2. The van der Waals surface area contributed by atoms with Crippen molar-refractivity contribution in [1.82, 2.24) is 5.32 Å². The number of Topliss-reactive ketones (excluding diaryl/α,β-unsaturated/α-hetero) is 1. The zero-order valence-corrected chi connectivity index (χ0v) is 10.1. The summed E-state index contributed by atoms with van der Waals surface area (Å²) in [6.45, 7) is 1.32. The summed E-state index contributed by atoms with van der Waals surface area (Å²) in [5, 5.41) is 12.1. The van der Waals surface area contributed by atoms with Crippen LogP contribution < -0.4 is 10.1 Å². The van der Waals surface area contributed by atoms with Gasteiger partial charge in [-0.25, -0.2) is 0 Å². The molecule has 1 heterocycles. The summed E-state index contributed by atoms with van der Waals surface area (Å²) in [6, 6.07) is 6.35. The van der Waals surface area contributed by atoms with Crippen LogP contribution in [0.15, 0.2) is 35.6 Å². The molecule has 94 valence electrons. The largest absolute Gasteiger partial charge is 0.503 e. The Morgan fingerprint density at radius 3 is 2.44 bits per heavy atom. The molecule has 1 aliphatic heterocycles. The van der Waals surface area contributed by atoms with E-state index in [1.165, 1.54) is 6.92 Å². The van der Waals surface area contributed by atoms with E-state index < -0.39 is 17.7 Å². The summed E-state index contributed by atoms with van der Waals surface area (Å²) in [6.07, 6.45) is 0. The van der Waals surface area contributed by atoms with E-state index in [9.17, 15) is 14.7 Å². The molecule has 1 aromatic carbocycles. The zero-order chi connectivity index (χ0) is 13.3. The number of benzene rings is 1. The van der Waals surface area contributed by atoms with Crippen molar-refractivity contribution in [1.29, 1.82) is 0 Å². The van der Waals surface area contributed by atoms with Crippen molar-refractivity contribution in [3.8, 4) is 5.75 Å². The fourth-order valence-electron chi connectivity index (χ4n) is 1.95. The van der Waals surface area contributed by atoms with E-state index in [4.69, 9.17) is 4.74 Å². The normalized spacial score (nSPS) is 18.8. The van der Waals surface area contributed by atoms with Gasteiger partial charge in [-0.05, 0) is 24.6 Å². The number of hydrogen-bond acceptors (Lipinski definition) is 4. The highest BCUT2D eigenvalue weighted by Gasteiger charge is 2.35. The summed E-state index contributed by atoms with van der Waals surface area (Å²) in [7, 11) is 1.55. The Morgan fingerprint density at radius 1 is 1.33 bits per heavy atom. The van der Waals surface area contributed by atoms with Gasteiger partial charge in [0.2, 0.25) is 0 Å². The summed E-state index contributed by atoms with van der Waals surface area (Å²) < 4.78 is 5.03. The van der Waals surface area contributed by atoms with E-state index in [1.54, 1.807) is 31.4 Å². The van der Waals surface area contributed by atoms with Gasteiger partial charge in [0.15, 0.2) is 11.5 Å². The Morgan fingerprint density at radius 2 is 1.94 bits per heavy atom. The van der Waals surface area contributed by atoms with Gasteiger partial charge in [-0.1, -0.05) is 12.1 Å². The lowest BCUT2D eigenvalue weighted by molar-refractivity contribution is -0.119. The van der Waals surface area contributed by atoms with E-state index in [0.29, 0.717) is 5.75 Å². The predicted molar refractivity (Wildman–Crippen MR) is 64.2 cm³/mol. The molecule has 5 heteroatoms. The van der Waals surface area contributed by atoms with Crippen LogP contribution in [0.2, 0.25) is 0 Å². The van der Waals surface area contributed by atoms with Gasteiger partial charge >= 0.3 is 0 Å². The number of aliphatic hydroxyl groups is 1. The Labute approximate surface area is 104 Å². The van der Waals surface area contributed by atoms with Crippen molar-refractivity contribution < 1.29 is 19.4 Å². The van der Waals surface area contributed by atoms with Gasteiger partial charge in [-0.2, -0.15) is 0 Å². The summed E-state index contributed by atoms with van der Waals surface area (Å²) in [5.41, 5.74) is 0.823. The SMILES string of the molecule is COc1ccc([C@@H]2NC(=O)C(O)=C2C(C)=O)cc1. The highest BCUT2D eigenvalue weighted by Crippen LogP contribution is 2.30. The second-order valence-electron chi connectivity index (χ2n) is 4.00. The first kappa shape index (κ1) is 12.2. The van der Waals surface area contributed by atoms with Crippen molar-refractivity contribution in [2.24, 2.45) is 0 Å². The van der Waals surface area contributed by atoms with E-state index in [2.05, 4.69) is 5.32 Å². The first-order valence-electron chi connectivity index (χ1n) is 5.43. The molecule has 0 bridgehead atoms. The highest BCUT2D eigenvalue weighted by atomic mass is 16.5. The van der Waals surface area contributed by atoms with Gasteiger partial charge < -0.3 is 15.2 Å². The molecule has 1 aromatic rings. The summed E-state index contributed by atoms with van der Waals surface area (Å²) in [5.74, 6) is -0.767. The van der Waals surface area contributed by atoms with E-state index >= 15 is 0 Å². The number of carbonyl (C=O) groups is 2. The maximum Gasteiger partial charge on any atom is 0.287 e. The number of rotatable bonds is 3. The minimum absolute atomic E-state index is 0.102. The number of amides is 1. The van der Waals surface area contributed by atoms with Crippen LogP contribution in [0.3, 0.4) is 0 Å². The lowest BCUT2D eigenvalue weighted by atomic mass is 9.98. The number of ketones is 1. The van der Waals surface area contributed by atoms with Gasteiger partial charge in [0.25, 0.3) is 5.91 Å². The summed E-state index contributed by atoms with van der Waals surface area (Å²) in [4.78, 5) is 22.9. The molecule has 0 aliphatic carbocycles. The first-order valence-corrected chi connectivity index (χ1v) is 5.43. The van der Waals surface area contributed by atoms with Crippen LogP contribution in [0.4, 0.5) is 0 Å². The second kappa shape index (κ2) is 4.52. The molecule has 2 rings (SSSR count). The molecule has 1 atom stereocenters. The monoisotopic (exact) mass is 247 g/mol. The number of nitrogens with one attached hydrogen (secondary N) is 1. The number of aliphatic hydroxyl groups excluding tert-OH is 1. The molecule has 0 fully saturated rings. The predicted octanol–water partition coefficient (Wildman–Crippen LogP) is 1.27. The molecule has 1 aliphatic rings. The standard InChI is InChI=1S/C13H13NO4/c1-7(15)10-11(14-13(17)12(10)16)8-3-5-9(18-2)6-4-8/h3-6,11,16H,1-2H3,(H,14,17)/t11-/m0/s1. The highest BCUT2D eigenvalue weighted by molar-refractivity contribution is 6.08. The molecule has 0 saturated carbocycles. The smallest absolute Gasteiger partial charge is 0.287 e. The Hall–Kier alpha value is -2.30. The maximum absolute atomic E-state index is 11.5. The molecule has 0 radical (unpaired) electrons. The minimum atomic E-state index is -0.624. The van der Waals surface area contributed by atoms with Gasteiger partial charge in [-0.3, -0.25) is 9.59 Å². The van der Waals surface area contributed by atoms with Crippen molar-refractivity contribution in [3.63, 3.8) is 0 Å². The molecule has 0 unspecified atom stereocenters. The number of ether oxygens (including phenoxy) is 1. The topological polar surface area (TPSA) is 75.6 Å². The van der Waals surface area contributed by atoms with Crippen LogP contribution in [0, 0.1) is 0 Å². The van der Waals surface area contributed by atoms with Crippen LogP contribution in [0.1, 0.15) is 18.5 Å². The third kappa shape index (κ3) is 1.95. The van der Waals surface area contributed by atoms with Crippen LogP contribution in [-0.2, 0) is 9.59 Å². The molecule has 5 nitrogen and oxygen atoms in total. The number of methoxy groups -OCH3 is 1.